The van der Waals surface area contributed by atoms with Gasteiger partial charge in [0.15, 0.2) is 5.65 Å². The Hall–Kier alpha value is -3.04. The summed E-state index contributed by atoms with van der Waals surface area (Å²) in [4.78, 5) is 11.4. The lowest BCUT2D eigenvalue weighted by Crippen LogP contribution is -1.97. The van der Waals surface area contributed by atoms with Crippen molar-refractivity contribution in [1.29, 1.82) is 0 Å². The Morgan fingerprint density at radius 2 is 1.97 bits per heavy atom. The van der Waals surface area contributed by atoms with Crippen LogP contribution in [0.25, 0.3) is 27.5 Å². The number of fused-ring (bicyclic) bond motifs is 2. The molecule has 31 heavy (non-hydrogen) atoms. The first-order chi connectivity index (χ1) is 15.3. The number of hydrogen-bond acceptors (Lipinski definition) is 8. The SMILES string of the molecule is c1ccc(-n2ncc3c(SCc4nnc(-c5cc6c(s5)CCCC6)o4)ncnc32)cc1. The van der Waals surface area contributed by atoms with E-state index < -0.39 is 0 Å². The Morgan fingerprint density at radius 1 is 1.06 bits per heavy atom. The third kappa shape index (κ3) is 3.53. The highest BCUT2D eigenvalue weighted by Crippen LogP contribution is 2.36. The standard InChI is InChI=1S/C22H18N6OS2/c1-2-7-15(8-3-1)28-20-16(11-25-28)22(24-13-23-20)30-12-19-26-27-21(29-19)18-10-14-6-4-5-9-17(14)31-18/h1-3,7-8,10-11,13H,4-6,9,12H2. The van der Waals surface area contributed by atoms with Crippen molar-refractivity contribution < 1.29 is 4.42 Å². The maximum absolute atomic E-state index is 5.96. The van der Waals surface area contributed by atoms with Gasteiger partial charge >= 0.3 is 0 Å². The third-order valence-corrected chi connectivity index (χ3v) is 7.55. The van der Waals surface area contributed by atoms with E-state index in [1.165, 1.54) is 23.3 Å². The molecule has 1 aliphatic carbocycles. The number of aromatic nitrogens is 6. The largest absolute Gasteiger partial charge is 0.419 e. The highest BCUT2D eigenvalue weighted by molar-refractivity contribution is 7.98. The van der Waals surface area contributed by atoms with E-state index in [0.29, 0.717) is 17.5 Å². The fourth-order valence-corrected chi connectivity index (χ4v) is 5.81. The average Bonchev–Trinajstić information content (AvgIpc) is 3.56. The molecule has 0 N–H and O–H groups in total. The van der Waals surface area contributed by atoms with Crippen molar-refractivity contribution >= 4 is 34.1 Å². The smallest absolute Gasteiger partial charge is 0.257 e. The van der Waals surface area contributed by atoms with Gasteiger partial charge in [0.25, 0.3) is 5.89 Å². The highest BCUT2D eigenvalue weighted by atomic mass is 32.2. The molecule has 4 heterocycles. The van der Waals surface area contributed by atoms with E-state index in [1.54, 1.807) is 35.6 Å². The summed E-state index contributed by atoms with van der Waals surface area (Å²) in [6.45, 7) is 0. The van der Waals surface area contributed by atoms with Gasteiger partial charge in [-0.25, -0.2) is 14.6 Å². The molecule has 0 bridgehead atoms. The van der Waals surface area contributed by atoms with E-state index in [-0.39, 0.29) is 0 Å². The van der Waals surface area contributed by atoms with Crippen molar-refractivity contribution in [3.63, 3.8) is 0 Å². The van der Waals surface area contributed by atoms with Crippen LogP contribution in [0, 0.1) is 0 Å². The lowest BCUT2D eigenvalue weighted by Gasteiger charge is -2.08. The van der Waals surface area contributed by atoms with Crippen LogP contribution in [0.1, 0.15) is 29.2 Å². The quantitative estimate of drug-likeness (QED) is 0.274. The van der Waals surface area contributed by atoms with E-state index in [9.17, 15) is 0 Å². The number of nitrogens with zero attached hydrogens (tertiary/aromatic N) is 6. The molecule has 1 aromatic carbocycles. The molecule has 154 valence electrons. The predicted octanol–water partition coefficient (Wildman–Crippen LogP) is 5.10. The zero-order chi connectivity index (χ0) is 20.6. The van der Waals surface area contributed by atoms with Gasteiger partial charge in [-0.05, 0) is 49.4 Å². The summed E-state index contributed by atoms with van der Waals surface area (Å²) in [5.74, 6) is 1.74. The fourth-order valence-electron chi connectivity index (χ4n) is 3.83. The van der Waals surface area contributed by atoms with Crippen LogP contribution >= 0.6 is 23.1 Å². The molecule has 0 radical (unpaired) electrons. The molecular weight excluding hydrogens is 428 g/mol. The number of benzene rings is 1. The molecule has 0 spiro atoms. The first-order valence-electron chi connectivity index (χ1n) is 10.2. The van der Waals surface area contributed by atoms with Gasteiger partial charge in [-0.1, -0.05) is 30.0 Å². The monoisotopic (exact) mass is 446 g/mol. The van der Waals surface area contributed by atoms with E-state index >= 15 is 0 Å². The molecule has 9 heteroatoms. The molecule has 0 saturated carbocycles. The molecule has 5 aromatic rings. The molecule has 1 aliphatic rings. The lowest BCUT2D eigenvalue weighted by molar-refractivity contribution is 0.529. The molecule has 0 amide bonds. The Morgan fingerprint density at radius 3 is 2.87 bits per heavy atom. The van der Waals surface area contributed by atoms with Crippen LogP contribution in [-0.2, 0) is 18.6 Å². The summed E-state index contributed by atoms with van der Waals surface area (Å²) in [6, 6.07) is 12.2. The minimum absolute atomic E-state index is 0.542. The van der Waals surface area contributed by atoms with Crippen LogP contribution in [-0.4, -0.2) is 29.9 Å². The summed E-state index contributed by atoms with van der Waals surface area (Å²) in [5, 5.41) is 14.8. The molecule has 0 saturated heterocycles. The Balaban J connectivity index is 1.22. The summed E-state index contributed by atoms with van der Waals surface area (Å²) in [7, 11) is 0. The summed E-state index contributed by atoms with van der Waals surface area (Å²) in [5.41, 5.74) is 3.19. The van der Waals surface area contributed by atoms with Gasteiger partial charge < -0.3 is 4.42 Å². The molecule has 7 nitrogen and oxygen atoms in total. The van der Waals surface area contributed by atoms with Gasteiger partial charge in [0.05, 0.1) is 27.9 Å². The van der Waals surface area contributed by atoms with Gasteiger partial charge in [-0.15, -0.1) is 21.5 Å². The fraction of sp³-hybridized carbons (Fsp3) is 0.227. The Kier molecular flexibility index (Phi) is 4.77. The highest BCUT2D eigenvalue weighted by Gasteiger charge is 2.18. The zero-order valence-electron chi connectivity index (χ0n) is 16.6. The molecule has 0 unspecified atom stereocenters. The van der Waals surface area contributed by atoms with Crippen molar-refractivity contribution in [2.75, 3.05) is 0 Å². The van der Waals surface area contributed by atoms with Crippen molar-refractivity contribution in [3.05, 3.63) is 65.3 Å². The van der Waals surface area contributed by atoms with Crippen LogP contribution < -0.4 is 0 Å². The average molecular weight is 447 g/mol. The maximum Gasteiger partial charge on any atom is 0.257 e. The van der Waals surface area contributed by atoms with Crippen molar-refractivity contribution in [2.24, 2.45) is 0 Å². The normalized spacial score (nSPS) is 13.5. The second-order valence-electron chi connectivity index (χ2n) is 7.36. The topological polar surface area (TPSA) is 82.5 Å². The molecule has 0 atom stereocenters. The Bertz CT molecular complexity index is 1330. The zero-order valence-corrected chi connectivity index (χ0v) is 18.2. The number of hydrogen-bond donors (Lipinski definition) is 0. The third-order valence-electron chi connectivity index (χ3n) is 5.34. The van der Waals surface area contributed by atoms with Crippen molar-refractivity contribution in [1.82, 2.24) is 29.9 Å². The van der Waals surface area contributed by atoms with Crippen LogP contribution in [0.5, 0.6) is 0 Å². The second-order valence-corrected chi connectivity index (χ2v) is 9.46. The molecule has 4 aromatic heterocycles. The maximum atomic E-state index is 5.96. The van der Waals surface area contributed by atoms with Crippen molar-refractivity contribution in [3.8, 4) is 16.5 Å². The first kappa shape index (κ1) is 18.7. The van der Waals surface area contributed by atoms with Crippen LogP contribution in [0.15, 0.2) is 58.4 Å². The second kappa shape index (κ2) is 7.90. The van der Waals surface area contributed by atoms with Crippen LogP contribution in [0.2, 0.25) is 0 Å². The minimum Gasteiger partial charge on any atom is -0.419 e. The molecule has 6 rings (SSSR count). The van der Waals surface area contributed by atoms with Gasteiger partial charge in [0, 0.05) is 4.88 Å². The molecule has 0 fully saturated rings. The Labute approximate surface area is 186 Å². The van der Waals surface area contributed by atoms with Gasteiger partial charge in [-0.3, -0.25) is 0 Å². The predicted molar refractivity (Wildman–Crippen MR) is 120 cm³/mol. The summed E-state index contributed by atoms with van der Waals surface area (Å²) in [6.07, 6.45) is 8.23. The molecule has 0 aliphatic heterocycles. The summed E-state index contributed by atoms with van der Waals surface area (Å²) < 4.78 is 7.78. The van der Waals surface area contributed by atoms with E-state index in [4.69, 9.17) is 4.42 Å². The van der Waals surface area contributed by atoms with Gasteiger partial charge in [0.1, 0.15) is 11.4 Å². The number of aryl methyl sites for hydroxylation is 2. The van der Waals surface area contributed by atoms with Gasteiger partial charge in [0.2, 0.25) is 5.89 Å². The lowest BCUT2D eigenvalue weighted by atomic mass is 9.99. The minimum atomic E-state index is 0.542. The first-order valence-corrected chi connectivity index (χ1v) is 12.0. The van der Waals surface area contributed by atoms with Crippen LogP contribution in [0.3, 0.4) is 0 Å². The number of thioether (sulfide) groups is 1. The van der Waals surface area contributed by atoms with E-state index in [2.05, 4.69) is 31.3 Å². The van der Waals surface area contributed by atoms with E-state index in [1.807, 2.05) is 35.0 Å². The summed E-state index contributed by atoms with van der Waals surface area (Å²) >= 11 is 3.33. The van der Waals surface area contributed by atoms with Crippen LogP contribution in [0.4, 0.5) is 0 Å². The van der Waals surface area contributed by atoms with Gasteiger partial charge in [-0.2, -0.15) is 5.10 Å². The number of para-hydroxylation sites is 1. The molecular formula is C22H18N6OS2. The number of thiophene rings is 1. The van der Waals surface area contributed by atoms with E-state index in [0.717, 1.165) is 39.5 Å². The van der Waals surface area contributed by atoms with Crippen molar-refractivity contribution in [2.45, 2.75) is 36.5 Å². The number of rotatable bonds is 5.